The second kappa shape index (κ2) is 5.07. The number of rotatable bonds is 1. The number of hydrogen-bond acceptors (Lipinski definition) is 5. The molecule has 0 fully saturated rings. The average Bonchev–Trinajstić information content (AvgIpc) is 2.71. The molecule has 2 heterocycles. The first-order valence-corrected chi connectivity index (χ1v) is 6.04. The fourth-order valence-electron chi connectivity index (χ4n) is 1.58. The molecule has 0 saturated heterocycles. The minimum atomic E-state index is -0.0981. The van der Waals surface area contributed by atoms with Crippen LogP contribution in [-0.4, -0.2) is 39.8 Å². The Morgan fingerprint density at radius 3 is 2.56 bits per heavy atom. The first-order chi connectivity index (χ1) is 8.49. The first-order valence-electron chi connectivity index (χ1n) is 5.28. The number of nitrogens with zero attached hydrogens (tertiary/aromatic N) is 4. The van der Waals surface area contributed by atoms with Crippen LogP contribution < -0.4 is 5.32 Å². The summed E-state index contributed by atoms with van der Waals surface area (Å²) in [5, 5.41) is 3.30. The van der Waals surface area contributed by atoms with Crippen LogP contribution in [0.15, 0.2) is 4.99 Å². The van der Waals surface area contributed by atoms with E-state index in [-0.39, 0.29) is 16.2 Å². The van der Waals surface area contributed by atoms with Crippen LogP contribution in [0.1, 0.15) is 12.7 Å². The zero-order valence-corrected chi connectivity index (χ0v) is 11.4. The third-order valence-corrected chi connectivity index (χ3v) is 2.94. The van der Waals surface area contributed by atoms with E-state index >= 15 is 0 Å². The van der Waals surface area contributed by atoms with Crippen LogP contribution in [0.5, 0.6) is 0 Å². The van der Waals surface area contributed by atoms with E-state index in [9.17, 15) is 4.79 Å². The van der Waals surface area contributed by atoms with Gasteiger partial charge in [0.05, 0.1) is 6.54 Å². The highest BCUT2D eigenvalue weighted by atomic mass is 35.5. The quantitative estimate of drug-likeness (QED) is 0.801. The molecule has 0 spiro atoms. The topological polar surface area (TPSA) is 70.5 Å². The Morgan fingerprint density at radius 2 is 2.00 bits per heavy atom. The van der Waals surface area contributed by atoms with E-state index in [0.717, 1.165) is 0 Å². The molecule has 1 aliphatic rings. The minimum absolute atomic E-state index is 0.0981. The monoisotopic (exact) mass is 293 g/mol. The van der Waals surface area contributed by atoms with Crippen molar-refractivity contribution >= 4 is 40.8 Å². The molecular formula is C10H11Cl2N5O. The molecule has 2 rings (SSSR count). The number of carbonyl (C=O) groups is 1. The van der Waals surface area contributed by atoms with Crippen molar-refractivity contribution < 1.29 is 4.79 Å². The van der Waals surface area contributed by atoms with Crippen molar-refractivity contribution in [2.45, 2.75) is 13.8 Å². The molecule has 1 N–H and O–H groups in total. The van der Waals surface area contributed by atoms with E-state index in [1.807, 2.05) is 0 Å². The summed E-state index contributed by atoms with van der Waals surface area (Å²) in [7, 11) is 0. The number of nitrogens with one attached hydrogen (secondary N) is 1. The van der Waals surface area contributed by atoms with Gasteiger partial charge in [0.1, 0.15) is 11.5 Å². The Kier molecular flexibility index (Phi) is 3.68. The molecule has 0 radical (unpaired) electrons. The predicted molar refractivity (Wildman–Crippen MR) is 70.1 cm³/mol. The molecule has 0 aliphatic carbocycles. The molecule has 0 atom stereocenters. The van der Waals surface area contributed by atoms with Crippen LogP contribution in [0.2, 0.25) is 10.3 Å². The van der Waals surface area contributed by atoms with Gasteiger partial charge < -0.3 is 5.32 Å². The average molecular weight is 294 g/mol. The van der Waals surface area contributed by atoms with Gasteiger partial charge in [-0.2, -0.15) is 0 Å². The maximum atomic E-state index is 11.4. The minimum Gasteiger partial charge on any atom is -0.321 e. The van der Waals surface area contributed by atoms with Crippen LogP contribution in [0.4, 0.5) is 5.69 Å². The van der Waals surface area contributed by atoms with Crippen LogP contribution in [0, 0.1) is 6.92 Å². The van der Waals surface area contributed by atoms with E-state index < -0.39 is 0 Å². The van der Waals surface area contributed by atoms with Crippen molar-refractivity contribution in [3.05, 3.63) is 16.1 Å². The summed E-state index contributed by atoms with van der Waals surface area (Å²) in [5.41, 5.74) is 0.357. The Bertz CT molecular complexity index is 508. The lowest BCUT2D eigenvalue weighted by molar-refractivity contribution is -0.124. The van der Waals surface area contributed by atoms with E-state index in [4.69, 9.17) is 23.2 Å². The van der Waals surface area contributed by atoms with Gasteiger partial charge in [-0.3, -0.25) is 14.7 Å². The lowest BCUT2D eigenvalue weighted by Gasteiger charge is -2.18. The summed E-state index contributed by atoms with van der Waals surface area (Å²) in [6.07, 6.45) is 0. The number of halogens is 2. The summed E-state index contributed by atoms with van der Waals surface area (Å²) in [4.78, 5) is 25.1. The molecule has 1 aromatic rings. The van der Waals surface area contributed by atoms with Crippen LogP contribution in [0.25, 0.3) is 0 Å². The fourth-order valence-corrected chi connectivity index (χ4v) is 2.15. The molecule has 1 amide bonds. The molecule has 0 bridgehead atoms. The van der Waals surface area contributed by atoms with E-state index in [0.29, 0.717) is 30.6 Å². The zero-order chi connectivity index (χ0) is 13.3. The van der Waals surface area contributed by atoms with Crippen molar-refractivity contribution in [3.8, 4) is 0 Å². The van der Waals surface area contributed by atoms with E-state index in [1.165, 1.54) is 11.8 Å². The largest absolute Gasteiger partial charge is 0.321 e. The molecule has 1 aromatic heterocycles. The summed E-state index contributed by atoms with van der Waals surface area (Å²) in [6.45, 7) is 4.25. The van der Waals surface area contributed by atoms with Crippen molar-refractivity contribution in [1.29, 1.82) is 0 Å². The second-order valence-electron chi connectivity index (χ2n) is 3.73. The lowest BCUT2D eigenvalue weighted by Crippen LogP contribution is -2.36. The third kappa shape index (κ3) is 2.54. The highest BCUT2D eigenvalue weighted by molar-refractivity contribution is 6.38. The summed E-state index contributed by atoms with van der Waals surface area (Å²) < 4.78 is 0. The molecule has 0 saturated carbocycles. The lowest BCUT2D eigenvalue weighted by atomic mass is 10.5. The van der Waals surface area contributed by atoms with Crippen LogP contribution >= 0.6 is 23.2 Å². The summed E-state index contributed by atoms with van der Waals surface area (Å²) >= 11 is 12.0. The highest BCUT2D eigenvalue weighted by Gasteiger charge is 2.22. The Balaban J connectivity index is 2.27. The van der Waals surface area contributed by atoms with Gasteiger partial charge in [0.2, 0.25) is 11.9 Å². The van der Waals surface area contributed by atoms with Gasteiger partial charge >= 0.3 is 0 Å². The standard InChI is InChI=1S/C10H11Cl2N5O/c1-5-14-8(11)7(9(12)15-5)16-10-13-3-4-17(10)6(2)18/h3-4H2,1-2H3,(H,13,16)/i5+2,8+2,9+2. The van der Waals surface area contributed by atoms with Crippen LogP contribution in [0.3, 0.4) is 0 Å². The number of aryl methyl sites for hydroxylation is 1. The second-order valence-corrected chi connectivity index (χ2v) is 4.44. The molecule has 96 valence electrons. The maximum Gasteiger partial charge on any atom is 0.226 e. The molecular weight excluding hydrogens is 283 g/mol. The van der Waals surface area contributed by atoms with Gasteiger partial charge in [0.25, 0.3) is 0 Å². The normalized spacial score (nSPS) is 14.7. The number of carbonyl (C=O) groups excluding carboxylic acids is 1. The smallest absolute Gasteiger partial charge is 0.226 e. The molecule has 0 unspecified atom stereocenters. The van der Waals surface area contributed by atoms with Crippen LogP contribution in [-0.2, 0) is 4.79 Å². The number of aliphatic imine (C=N–C) groups is 1. The fraction of sp³-hybridized carbons (Fsp3) is 0.400. The maximum absolute atomic E-state index is 11.4. The Hall–Kier alpha value is -1.40. The van der Waals surface area contributed by atoms with E-state index in [2.05, 4.69) is 20.3 Å². The molecule has 8 heteroatoms. The number of aromatic nitrogens is 2. The third-order valence-electron chi connectivity index (χ3n) is 2.39. The number of hydrogen-bond donors (Lipinski definition) is 1. The number of anilines is 1. The van der Waals surface area contributed by atoms with Crippen molar-refractivity contribution in [3.63, 3.8) is 0 Å². The van der Waals surface area contributed by atoms with Gasteiger partial charge in [0.15, 0.2) is 10.3 Å². The van der Waals surface area contributed by atoms with Gasteiger partial charge in [-0.15, -0.1) is 0 Å². The molecule has 6 nitrogen and oxygen atoms in total. The zero-order valence-electron chi connectivity index (χ0n) is 9.87. The van der Waals surface area contributed by atoms with Crippen molar-refractivity contribution in [2.24, 2.45) is 4.99 Å². The van der Waals surface area contributed by atoms with Gasteiger partial charge in [-0.25, -0.2) is 9.97 Å². The summed E-state index contributed by atoms with van der Waals surface area (Å²) in [5.74, 6) is 0.796. The van der Waals surface area contributed by atoms with Crippen molar-refractivity contribution in [1.82, 2.24) is 14.9 Å². The van der Waals surface area contributed by atoms with Gasteiger partial charge in [-0.05, 0) is 6.92 Å². The van der Waals surface area contributed by atoms with Gasteiger partial charge in [0, 0.05) is 13.5 Å². The highest BCUT2D eigenvalue weighted by Crippen LogP contribution is 2.27. The number of amides is 1. The molecule has 0 aromatic carbocycles. The number of guanidine groups is 1. The first kappa shape index (κ1) is 13.0. The Labute approximate surface area is 114 Å². The van der Waals surface area contributed by atoms with Gasteiger partial charge in [-0.1, -0.05) is 23.2 Å². The molecule has 1 aliphatic heterocycles. The predicted octanol–water partition coefficient (Wildman–Crippen LogP) is 1.72. The van der Waals surface area contributed by atoms with E-state index in [1.54, 1.807) is 6.92 Å². The summed E-state index contributed by atoms with van der Waals surface area (Å²) in [6, 6.07) is 0. The SMILES string of the molecule is CC(=O)N1CCN=C1Nc1[14c](Cl)n[14c](C)n[14c]1Cl. The Morgan fingerprint density at radius 1 is 1.39 bits per heavy atom. The molecule has 18 heavy (non-hydrogen) atoms. The van der Waals surface area contributed by atoms with Crippen molar-refractivity contribution in [2.75, 3.05) is 18.4 Å².